The third-order valence-electron chi connectivity index (χ3n) is 5.12. The van der Waals surface area contributed by atoms with Gasteiger partial charge in [0.25, 0.3) is 5.91 Å². The molecule has 0 spiro atoms. The van der Waals surface area contributed by atoms with E-state index in [0.29, 0.717) is 24.3 Å². The third-order valence-corrected chi connectivity index (χ3v) is 5.12. The minimum absolute atomic E-state index is 0.119. The van der Waals surface area contributed by atoms with Gasteiger partial charge in [-0.25, -0.2) is 4.68 Å². The van der Waals surface area contributed by atoms with Crippen molar-refractivity contribution in [2.45, 2.75) is 12.8 Å². The quantitative estimate of drug-likeness (QED) is 0.762. The van der Waals surface area contributed by atoms with Gasteiger partial charge in [-0.15, -0.1) is 0 Å². The zero-order valence-corrected chi connectivity index (χ0v) is 15.5. The minimum Gasteiger partial charge on any atom is -0.369 e. The van der Waals surface area contributed by atoms with E-state index in [2.05, 4.69) is 0 Å². The molecule has 142 valence electrons. The number of carbonyl (C=O) groups excluding carboxylic acids is 2. The van der Waals surface area contributed by atoms with Crippen molar-refractivity contribution in [3.8, 4) is 16.9 Å². The maximum atomic E-state index is 13.3. The van der Waals surface area contributed by atoms with E-state index in [0.717, 1.165) is 24.1 Å². The summed E-state index contributed by atoms with van der Waals surface area (Å²) in [6.45, 7) is 0.978. The van der Waals surface area contributed by atoms with Crippen molar-refractivity contribution in [1.82, 2.24) is 14.7 Å². The van der Waals surface area contributed by atoms with E-state index in [1.54, 1.807) is 15.8 Å². The van der Waals surface area contributed by atoms with Gasteiger partial charge in [-0.05, 0) is 25.0 Å². The Morgan fingerprint density at radius 1 is 1.00 bits per heavy atom. The molecule has 0 bridgehead atoms. The Kier molecular flexibility index (Phi) is 4.93. The van der Waals surface area contributed by atoms with Gasteiger partial charge in [0.1, 0.15) is 5.69 Å². The van der Waals surface area contributed by atoms with E-state index in [1.165, 1.54) is 0 Å². The molecule has 1 atom stereocenters. The fraction of sp³-hybridized carbons (Fsp3) is 0.227. The SMILES string of the molecule is NC(=O)C1CCCN(C(=O)c2cn(-c3ccccc3)nc2-c2ccccc2)C1. The molecular formula is C22H22N4O2. The minimum atomic E-state index is -0.347. The lowest BCUT2D eigenvalue weighted by Gasteiger charge is -2.31. The summed E-state index contributed by atoms with van der Waals surface area (Å²) < 4.78 is 1.73. The highest BCUT2D eigenvalue weighted by molar-refractivity contribution is 6.00. The molecule has 2 aromatic carbocycles. The summed E-state index contributed by atoms with van der Waals surface area (Å²) in [4.78, 5) is 26.7. The number of rotatable bonds is 4. The Labute approximate surface area is 163 Å². The molecule has 1 aliphatic heterocycles. The topological polar surface area (TPSA) is 81.2 Å². The number of piperidine rings is 1. The van der Waals surface area contributed by atoms with Crippen LogP contribution in [0, 0.1) is 5.92 Å². The van der Waals surface area contributed by atoms with Gasteiger partial charge in [0.05, 0.1) is 17.2 Å². The van der Waals surface area contributed by atoms with Gasteiger partial charge in [-0.2, -0.15) is 5.10 Å². The number of benzene rings is 2. The van der Waals surface area contributed by atoms with Crippen LogP contribution in [-0.2, 0) is 4.79 Å². The number of amides is 2. The van der Waals surface area contributed by atoms with Crippen LogP contribution >= 0.6 is 0 Å². The fourth-order valence-corrected chi connectivity index (χ4v) is 3.62. The molecule has 1 saturated heterocycles. The van der Waals surface area contributed by atoms with Crippen molar-refractivity contribution < 1.29 is 9.59 Å². The summed E-state index contributed by atoms with van der Waals surface area (Å²) in [7, 11) is 0. The number of hydrogen-bond donors (Lipinski definition) is 1. The highest BCUT2D eigenvalue weighted by Crippen LogP contribution is 2.26. The van der Waals surface area contributed by atoms with Crippen LogP contribution in [0.5, 0.6) is 0 Å². The summed E-state index contributed by atoms with van der Waals surface area (Å²) in [6.07, 6.45) is 3.27. The van der Waals surface area contributed by atoms with Gasteiger partial charge < -0.3 is 10.6 Å². The second-order valence-corrected chi connectivity index (χ2v) is 7.03. The van der Waals surface area contributed by atoms with Crippen LogP contribution < -0.4 is 5.73 Å². The second kappa shape index (κ2) is 7.68. The maximum Gasteiger partial charge on any atom is 0.257 e. The molecule has 1 unspecified atom stereocenters. The highest BCUT2D eigenvalue weighted by Gasteiger charge is 2.30. The normalized spacial score (nSPS) is 16.7. The highest BCUT2D eigenvalue weighted by atomic mass is 16.2. The van der Waals surface area contributed by atoms with Gasteiger partial charge >= 0.3 is 0 Å². The lowest BCUT2D eigenvalue weighted by Crippen LogP contribution is -2.44. The van der Waals surface area contributed by atoms with Crippen LogP contribution in [0.1, 0.15) is 23.2 Å². The van der Waals surface area contributed by atoms with Gasteiger partial charge in [0, 0.05) is 24.8 Å². The fourth-order valence-electron chi connectivity index (χ4n) is 3.62. The zero-order valence-electron chi connectivity index (χ0n) is 15.5. The molecule has 3 aromatic rings. The molecular weight excluding hydrogens is 352 g/mol. The molecule has 2 N–H and O–H groups in total. The number of nitrogens with zero attached hydrogens (tertiary/aromatic N) is 3. The molecule has 0 radical (unpaired) electrons. The number of nitrogens with two attached hydrogens (primary N) is 1. The monoisotopic (exact) mass is 374 g/mol. The molecule has 2 heterocycles. The van der Waals surface area contributed by atoms with Crippen LogP contribution in [0.3, 0.4) is 0 Å². The van der Waals surface area contributed by atoms with Crippen LogP contribution in [-0.4, -0.2) is 39.6 Å². The number of aromatic nitrogens is 2. The summed E-state index contributed by atoms with van der Waals surface area (Å²) in [5.74, 6) is -0.755. The summed E-state index contributed by atoms with van der Waals surface area (Å²) in [6, 6.07) is 19.4. The first-order valence-corrected chi connectivity index (χ1v) is 9.42. The number of hydrogen-bond acceptors (Lipinski definition) is 3. The zero-order chi connectivity index (χ0) is 19.5. The molecule has 4 rings (SSSR count). The maximum absolute atomic E-state index is 13.3. The van der Waals surface area contributed by atoms with Crippen LogP contribution in [0.4, 0.5) is 0 Å². The van der Waals surface area contributed by atoms with E-state index in [9.17, 15) is 9.59 Å². The molecule has 6 heteroatoms. The first-order valence-electron chi connectivity index (χ1n) is 9.42. The van der Waals surface area contributed by atoms with Crippen molar-refractivity contribution in [2.75, 3.05) is 13.1 Å². The second-order valence-electron chi connectivity index (χ2n) is 7.03. The Bertz CT molecular complexity index is 982. The number of carbonyl (C=O) groups is 2. The molecule has 0 saturated carbocycles. The number of primary amides is 1. The van der Waals surface area contributed by atoms with Crippen molar-refractivity contribution in [1.29, 1.82) is 0 Å². The molecule has 0 aliphatic carbocycles. The summed E-state index contributed by atoms with van der Waals surface area (Å²) >= 11 is 0. The Hall–Kier alpha value is -3.41. The molecule has 1 aromatic heterocycles. The van der Waals surface area contributed by atoms with Crippen LogP contribution in [0.2, 0.25) is 0 Å². The Balaban J connectivity index is 1.73. The third kappa shape index (κ3) is 3.53. The van der Waals surface area contributed by atoms with E-state index in [4.69, 9.17) is 10.8 Å². The van der Waals surface area contributed by atoms with Gasteiger partial charge in [0.15, 0.2) is 0 Å². The summed E-state index contributed by atoms with van der Waals surface area (Å²) in [5, 5.41) is 4.70. The smallest absolute Gasteiger partial charge is 0.257 e. The molecule has 28 heavy (non-hydrogen) atoms. The van der Waals surface area contributed by atoms with Crippen molar-refractivity contribution in [2.24, 2.45) is 11.7 Å². The first-order chi connectivity index (χ1) is 13.6. The molecule has 2 amide bonds. The number of para-hydroxylation sites is 1. The van der Waals surface area contributed by atoms with Gasteiger partial charge in [0.2, 0.25) is 5.91 Å². The van der Waals surface area contributed by atoms with Crippen LogP contribution in [0.15, 0.2) is 66.9 Å². The molecule has 6 nitrogen and oxygen atoms in total. The van der Waals surface area contributed by atoms with E-state index >= 15 is 0 Å². The molecule has 1 aliphatic rings. The van der Waals surface area contributed by atoms with Crippen molar-refractivity contribution >= 4 is 11.8 Å². The van der Waals surface area contributed by atoms with Crippen molar-refractivity contribution in [3.63, 3.8) is 0 Å². The average molecular weight is 374 g/mol. The predicted molar refractivity (Wildman–Crippen MR) is 107 cm³/mol. The molecule has 1 fully saturated rings. The van der Waals surface area contributed by atoms with Gasteiger partial charge in [-0.3, -0.25) is 9.59 Å². The average Bonchev–Trinajstić information content (AvgIpc) is 3.20. The summed E-state index contributed by atoms with van der Waals surface area (Å²) in [5.41, 5.74) is 8.40. The standard InChI is InChI=1S/C22H22N4O2/c23-21(27)17-10-7-13-25(14-17)22(28)19-15-26(18-11-5-2-6-12-18)24-20(19)16-8-3-1-4-9-16/h1-6,8-9,11-12,15,17H,7,10,13-14H2,(H2,23,27). The van der Waals surface area contributed by atoms with E-state index in [-0.39, 0.29) is 17.7 Å². The number of likely N-dealkylation sites (tertiary alicyclic amines) is 1. The lowest BCUT2D eigenvalue weighted by molar-refractivity contribution is -0.123. The predicted octanol–water partition coefficient (Wildman–Crippen LogP) is 2.88. The lowest BCUT2D eigenvalue weighted by atomic mass is 9.96. The Morgan fingerprint density at radius 3 is 2.36 bits per heavy atom. The Morgan fingerprint density at radius 2 is 1.68 bits per heavy atom. The first kappa shape index (κ1) is 18.0. The van der Waals surface area contributed by atoms with Gasteiger partial charge in [-0.1, -0.05) is 48.5 Å². The van der Waals surface area contributed by atoms with E-state index < -0.39 is 0 Å². The van der Waals surface area contributed by atoms with Crippen LogP contribution in [0.25, 0.3) is 16.9 Å². The van der Waals surface area contributed by atoms with Crippen molar-refractivity contribution in [3.05, 3.63) is 72.4 Å². The van der Waals surface area contributed by atoms with E-state index in [1.807, 2.05) is 60.7 Å². The largest absolute Gasteiger partial charge is 0.369 e.